The molecule has 0 atom stereocenters. The summed E-state index contributed by atoms with van der Waals surface area (Å²) in [4.78, 5) is 11.1. The summed E-state index contributed by atoms with van der Waals surface area (Å²) >= 11 is 0. The minimum absolute atomic E-state index is 0.0637. The lowest BCUT2D eigenvalue weighted by Gasteiger charge is -2.31. The van der Waals surface area contributed by atoms with Crippen molar-refractivity contribution < 1.29 is 9.90 Å². The third-order valence-electron chi connectivity index (χ3n) is 2.00. The fraction of sp³-hybridized carbons (Fsp3) is 0.909. The molecule has 0 radical (unpaired) electrons. The summed E-state index contributed by atoms with van der Waals surface area (Å²) in [5.41, 5.74) is -0.747. The van der Waals surface area contributed by atoms with Crippen LogP contribution in [0.1, 0.15) is 47.5 Å². The average Bonchev–Trinajstić information content (AvgIpc) is 1.96. The van der Waals surface area contributed by atoms with Gasteiger partial charge in [-0.05, 0) is 25.7 Å². The number of hydrogen-bond acceptors (Lipinski definition) is 2. The van der Waals surface area contributed by atoms with E-state index in [-0.39, 0.29) is 11.3 Å². The summed E-state index contributed by atoms with van der Waals surface area (Å²) in [6, 6.07) is 0. The van der Waals surface area contributed by atoms with E-state index in [1.165, 1.54) is 0 Å². The van der Waals surface area contributed by atoms with Crippen molar-refractivity contribution in [1.29, 1.82) is 0 Å². The SMILES string of the molecule is CCC(=O)NCC(C)(C)CC(C)(C)O. The maximum Gasteiger partial charge on any atom is 0.219 e. The average molecular weight is 201 g/mol. The van der Waals surface area contributed by atoms with Gasteiger partial charge in [-0.15, -0.1) is 0 Å². The van der Waals surface area contributed by atoms with Crippen LogP contribution in [0.5, 0.6) is 0 Å². The molecule has 0 aromatic rings. The summed E-state index contributed by atoms with van der Waals surface area (Å²) in [6.45, 7) is 10.1. The highest BCUT2D eigenvalue weighted by Gasteiger charge is 2.26. The van der Waals surface area contributed by atoms with Crippen molar-refractivity contribution in [3.8, 4) is 0 Å². The molecule has 0 rings (SSSR count). The van der Waals surface area contributed by atoms with Gasteiger partial charge in [0.2, 0.25) is 5.91 Å². The van der Waals surface area contributed by atoms with E-state index in [0.717, 1.165) is 0 Å². The van der Waals surface area contributed by atoms with Crippen LogP contribution in [0, 0.1) is 5.41 Å². The van der Waals surface area contributed by atoms with Gasteiger partial charge in [0.1, 0.15) is 0 Å². The molecule has 14 heavy (non-hydrogen) atoms. The van der Waals surface area contributed by atoms with Crippen LogP contribution in [0.4, 0.5) is 0 Å². The molecule has 0 unspecified atom stereocenters. The van der Waals surface area contributed by atoms with Crippen LogP contribution in [0.15, 0.2) is 0 Å². The zero-order valence-corrected chi connectivity index (χ0v) is 9.98. The highest BCUT2D eigenvalue weighted by molar-refractivity contribution is 5.75. The number of rotatable bonds is 5. The van der Waals surface area contributed by atoms with Gasteiger partial charge < -0.3 is 10.4 Å². The van der Waals surface area contributed by atoms with Gasteiger partial charge in [0, 0.05) is 13.0 Å². The summed E-state index contributed by atoms with van der Waals surface area (Å²) < 4.78 is 0. The Hall–Kier alpha value is -0.570. The number of hydrogen-bond donors (Lipinski definition) is 2. The minimum atomic E-state index is -0.680. The van der Waals surface area contributed by atoms with E-state index in [2.05, 4.69) is 5.32 Å². The van der Waals surface area contributed by atoms with Gasteiger partial charge in [-0.25, -0.2) is 0 Å². The molecule has 0 aromatic heterocycles. The first kappa shape index (κ1) is 13.4. The maximum absolute atomic E-state index is 11.1. The molecule has 0 aromatic carbocycles. The standard InChI is InChI=1S/C11H23NO2/c1-6-9(13)12-8-10(2,3)7-11(4,5)14/h14H,6-8H2,1-5H3,(H,12,13). The quantitative estimate of drug-likeness (QED) is 0.711. The minimum Gasteiger partial charge on any atom is -0.390 e. The molecule has 0 aliphatic heterocycles. The molecular formula is C11H23NO2. The van der Waals surface area contributed by atoms with E-state index in [0.29, 0.717) is 19.4 Å². The maximum atomic E-state index is 11.1. The van der Waals surface area contributed by atoms with Crippen molar-refractivity contribution in [3.05, 3.63) is 0 Å². The molecule has 0 saturated carbocycles. The second-order valence-electron chi connectivity index (χ2n) is 5.28. The van der Waals surface area contributed by atoms with Crippen molar-refractivity contribution >= 4 is 5.91 Å². The lowest BCUT2D eigenvalue weighted by molar-refractivity contribution is -0.121. The molecule has 0 heterocycles. The Balaban J connectivity index is 4.01. The van der Waals surface area contributed by atoms with E-state index < -0.39 is 5.60 Å². The summed E-state index contributed by atoms with van der Waals surface area (Å²) in [7, 11) is 0. The van der Waals surface area contributed by atoms with Crippen LogP contribution in [-0.2, 0) is 4.79 Å². The lowest BCUT2D eigenvalue weighted by Crippen LogP contribution is -2.38. The van der Waals surface area contributed by atoms with Crippen LogP contribution in [-0.4, -0.2) is 23.2 Å². The van der Waals surface area contributed by atoms with Gasteiger partial charge in [-0.2, -0.15) is 0 Å². The number of carbonyl (C=O) groups excluding carboxylic acids is 1. The molecule has 0 bridgehead atoms. The normalized spacial score (nSPS) is 12.7. The molecule has 0 fully saturated rings. The lowest BCUT2D eigenvalue weighted by atomic mass is 9.82. The Bertz CT molecular complexity index is 192. The second-order valence-corrected chi connectivity index (χ2v) is 5.28. The van der Waals surface area contributed by atoms with Gasteiger partial charge in [-0.3, -0.25) is 4.79 Å². The summed E-state index contributed by atoms with van der Waals surface area (Å²) in [5.74, 6) is 0.0637. The van der Waals surface area contributed by atoms with Crippen molar-refractivity contribution in [2.24, 2.45) is 5.41 Å². The van der Waals surface area contributed by atoms with Crippen LogP contribution in [0.25, 0.3) is 0 Å². The first-order valence-electron chi connectivity index (χ1n) is 5.15. The monoisotopic (exact) mass is 201 g/mol. The topological polar surface area (TPSA) is 49.3 Å². The number of amides is 1. The van der Waals surface area contributed by atoms with E-state index in [1.807, 2.05) is 20.8 Å². The third kappa shape index (κ3) is 6.89. The molecule has 2 N–H and O–H groups in total. The Morgan fingerprint density at radius 2 is 1.79 bits per heavy atom. The zero-order valence-electron chi connectivity index (χ0n) is 9.98. The molecule has 0 aliphatic rings. The Kier molecular flexibility index (Phi) is 4.59. The van der Waals surface area contributed by atoms with Crippen molar-refractivity contribution in [3.63, 3.8) is 0 Å². The molecule has 84 valence electrons. The second kappa shape index (κ2) is 4.78. The molecule has 1 amide bonds. The molecule has 0 aliphatic carbocycles. The predicted molar refractivity (Wildman–Crippen MR) is 58.0 cm³/mol. The van der Waals surface area contributed by atoms with E-state index in [1.54, 1.807) is 13.8 Å². The van der Waals surface area contributed by atoms with Crippen LogP contribution in [0.2, 0.25) is 0 Å². The summed E-state index contributed by atoms with van der Waals surface area (Å²) in [5, 5.41) is 12.5. The van der Waals surface area contributed by atoms with Crippen molar-refractivity contribution in [2.45, 2.75) is 53.1 Å². The Morgan fingerprint density at radius 1 is 1.29 bits per heavy atom. The number of nitrogens with one attached hydrogen (secondary N) is 1. The first-order chi connectivity index (χ1) is 6.16. The Morgan fingerprint density at radius 3 is 2.14 bits per heavy atom. The van der Waals surface area contributed by atoms with E-state index in [9.17, 15) is 9.90 Å². The molecular weight excluding hydrogens is 178 g/mol. The van der Waals surface area contributed by atoms with Gasteiger partial charge in [0.25, 0.3) is 0 Å². The highest BCUT2D eigenvalue weighted by atomic mass is 16.3. The Labute approximate surface area is 86.9 Å². The molecule has 0 saturated heterocycles. The predicted octanol–water partition coefficient (Wildman–Crippen LogP) is 1.70. The van der Waals surface area contributed by atoms with Crippen LogP contribution in [0.3, 0.4) is 0 Å². The molecule has 0 spiro atoms. The van der Waals surface area contributed by atoms with E-state index in [4.69, 9.17) is 0 Å². The largest absolute Gasteiger partial charge is 0.390 e. The molecule has 3 nitrogen and oxygen atoms in total. The fourth-order valence-electron chi connectivity index (χ4n) is 1.70. The van der Waals surface area contributed by atoms with Gasteiger partial charge in [0.15, 0.2) is 0 Å². The first-order valence-corrected chi connectivity index (χ1v) is 5.15. The smallest absolute Gasteiger partial charge is 0.219 e. The van der Waals surface area contributed by atoms with Crippen molar-refractivity contribution in [2.75, 3.05) is 6.54 Å². The van der Waals surface area contributed by atoms with Gasteiger partial charge in [-0.1, -0.05) is 20.8 Å². The van der Waals surface area contributed by atoms with Gasteiger partial charge >= 0.3 is 0 Å². The van der Waals surface area contributed by atoms with Gasteiger partial charge in [0.05, 0.1) is 5.60 Å². The van der Waals surface area contributed by atoms with Crippen molar-refractivity contribution in [1.82, 2.24) is 5.32 Å². The van der Waals surface area contributed by atoms with E-state index >= 15 is 0 Å². The van der Waals surface area contributed by atoms with Crippen LogP contribution >= 0.6 is 0 Å². The third-order valence-corrected chi connectivity index (χ3v) is 2.00. The molecule has 3 heteroatoms. The number of carbonyl (C=O) groups is 1. The fourth-order valence-corrected chi connectivity index (χ4v) is 1.70. The van der Waals surface area contributed by atoms with Crippen LogP contribution < -0.4 is 5.32 Å². The zero-order chi connectivity index (χ0) is 11.4. The highest BCUT2D eigenvalue weighted by Crippen LogP contribution is 2.26. The number of aliphatic hydroxyl groups is 1. The summed E-state index contributed by atoms with van der Waals surface area (Å²) in [6.07, 6.45) is 1.18.